The minimum absolute atomic E-state index is 0.0428. The summed E-state index contributed by atoms with van der Waals surface area (Å²) in [6.45, 7) is 8.07. The molecule has 1 saturated carbocycles. The van der Waals surface area contributed by atoms with Crippen LogP contribution in [-0.2, 0) is 4.43 Å². The number of carbonyl (C=O) groups excluding carboxylic acids is 2. The molecule has 1 heterocycles. The Kier molecular flexibility index (Phi) is 6.24. The SMILES string of the molecule is CC(C)(C)[Si](OCCC1CC1CN1C(=O)c2ccccc2C1=O)(c1ccccc1)c1ccccc1. The third-order valence-corrected chi connectivity index (χ3v) is 12.6. The number of hydrogen-bond donors (Lipinski definition) is 0. The van der Waals surface area contributed by atoms with Crippen LogP contribution in [0.4, 0.5) is 0 Å². The largest absolute Gasteiger partial charge is 0.407 e. The monoisotopic (exact) mass is 483 g/mol. The summed E-state index contributed by atoms with van der Waals surface area (Å²) in [5, 5.41) is 2.54. The van der Waals surface area contributed by atoms with Crippen LogP contribution in [0.3, 0.4) is 0 Å². The van der Waals surface area contributed by atoms with Gasteiger partial charge in [0.25, 0.3) is 20.1 Å². The van der Waals surface area contributed by atoms with Gasteiger partial charge in [-0.3, -0.25) is 14.5 Å². The van der Waals surface area contributed by atoms with Crippen molar-refractivity contribution < 1.29 is 14.0 Å². The molecule has 4 nitrogen and oxygen atoms in total. The van der Waals surface area contributed by atoms with Gasteiger partial charge in [0.05, 0.1) is 11.1 Å². The predicted octanol–water partition coefficient (Wildman–Crippen LogP) is 4.89. The summed E-state index contributed by atoms with van der Waals surface area (Å²) in [5.74, 6) is 0.539. The van der Waals surface area contributed by atoms with Gasteiger partial charge in [0.1, 0.15) is 0 Å². The fourth-order valence-corrected chi connectivity index (χ4v) is 10.2. The summed E-state index contributed by atoms with van der Waals surface area (Å²) in [6, 6.07) is 28.5. The zero-order chi connectivity index (χ0) is 24.6. The molecule has 180 valence electrons. The minimum Gasteiger partial charge on any atom is -0.407 e. The molecule has 35 heavy (non-hydrogen) atoms. The number of benzene rings is 3. The maximum atomic E-state index is 12.7. The normalized spacial score (nSPS) is 19.7. The highest BCUT2D eigenvalue weighted by Crippen LogP contribution is 2.44. The van der Waals surface area contributed by atoms with Crippen molar-refractivity contribution in [3.05, 3.63) is 96.1 Å². The molecule has 0 N–H and O–H groups in total. The van der Waals surface area contributed by atoms with E-state index in [1.807, 2.05) is 12.1 Å². The van der Waals surface area contributed by atoms with Gasteiger partial charge in [0.15, 0.2) is 0 Å². The second-order valence-corrected chi connectivity index (χ2v) is 15.1. The number of carbonyl (C=O) groups is 2. The van der Waals surface area contributed by atoms with Gasteiger partial charge in [-0.2, -0.15) is 0 Å². The molecule has 5 heteroatoms. The summed E-state index contributed by atoms with van der Waals surface area (Å²) < 4.78 is 7.02. The molecule has 3 aromatic carbocycles. The first-order valence-electron chi connectivity index (χ1n) is 12.5. The number of imide groups is 1. The quantitative estimate of drug-likeness (QED) is 0.339. The average molecular weight is 484 g/mol. The molecule has 0 bridgehead atoms. The van der Waals surface area contributed by atoms with E-state index in [-0.39, 0.29) is 16.9 Å². The topological polar surface area (TPSA) is 46.6 Å². The number of amides is 2. The Hall–Kier alpha value is -3.02. The molecule has 1 aliphatic carbocycles. The van der Waals surface area contributed by atoms with E-state index >= 15 is 0 Å². The fourth-order valence-electron chi connectivity index (χ4n) is 5.65. The van der Waals surface area contributed by atoms with Crippen LogP contribution in [0.2, 0.25) is 5.04 Å². The van der Waals surface area contributed by atoms with E-state index in [9.17, 15) is 9.59 Å². The molecule has 0 aromatic heterocycles. The lowest BCUT2D eigenvalue weighted by Gasteiger charge is -2.43. The first-order chi connectivity index (χ1) is 16.8. The van der Waals surface area contributed by atoms with Crippen molar-refractivity contribution in [1.82, 2.24) is 4.90 Å². The molecule has 2 unspecified atom stereocenters. The van der Waals surface area contributed by atoms with Crippen LogP contribution in [0.5, 0.6) is 0 Å². The van der Waals surface area contributed by atoms with Gasteiger partial charge in [-0.1, -0.05) is 93.6 Å². The van der Waals surface area contributed by atoms with Crippen molar-refractivity contribution >= 4 is 30.5 Å². The number of rotatable bonds is 8. The summed E-state index contributed by atoms with van der Waals surface area (Å²) >= 11 is 0. The molecule has 5 rings (SSSR count). The second kappa shape index (κ2) is 9.21. The molecule has 0 radical (unpaired) electrons. The highest BCUT2D eigenvalue weighted by Gasteiger charge is 2.50. The molecule has 1 fully saturated rings. The van der Waals surface area contributed by atoms with E-state index in [0.717, 1.165) is 12.8 Å². The maximum absolute atomic E-state index is 12.7. The summed E-state index contributed by atoms with van der Waals surface area (Å²) in [4.78, 5) is 26.9. The minimum atomic E-state index is -2.53. The Balaban J connectivity index is 1.28. The average Bonchev–Trinajstić information content (AvgIpc) is 3.57. The Morgan fingerprint density at radius 3 is 1.74 bits per heavy atom. The van der Waals surface area contributed by atoms with Gasteiger partial charge in [0, 0.05) is 13.2 Å². The van der Waals surface area contributed by atoms with Gasteiger partial charge < -0.3 is 4.43 Å². The lowest BCUT2D eigenvalue weighted by atomic mass is 10.1. The maximum Gasteiger partial charge on any atom is 0.261 e. The zero-order valence-electron chi connectivity index (χ0n) is 20.7. The Morgan fingerprint density at radius 1 is 0.771 bits per heavy atom. The van der Waals surface area contributed by atoms with E-state index in [1.165, 1.54) is 15.3 Å². The number of hydrogen-bond acceptors (Lipinski definition) is 3. The van der Waals surface area contributed by atoms with E-state index in [4.69, 9.17) is 4.43 Å². The van der Waals surface area contributed by atoms with Gasteiger partial charge in [0.2, 0.25) is 0 Å². The highest BCUT2D eigenvalue weighted by molar-refractivity contribution is 6.99. The molecule has 1 aliphatic heterocycles. The molecule has 2 atom stereocenters. The molecular weight excluding hydrogens is 450 g/mol. The van der Waals surface area contributed by atoms with Crippen molar-refractivity contribution in [2.75, 3.05) is 13.2 Å². The predicted molar refractivity (Wildman–Crippen MR) is 142 cm³/mol. The molecule has 0 spiro atoms. The van der Waals surface area contributed by atoms with Crippen LogP contribution in [0.15, 0.2) is 84.9 Å². The summed E-state index contributed by atoms with van der Waals surface area (Å²) in [7, 11) is -2.53. The van der Waals surface area contributed by atoms with Gasteiger partial charge in [-0.15, -0.1) is 0 Å². The first-order valence-corrected chi connectivity index (χ1v) is 14.4. The van der Waals surface area contributed by atoms with Crippen molar-refractivity contribution in [3.8, 4) is 0 Å². The first kappa shape index (κ1) is 23.7. The molecule has 2 amide bonds. The van der Waals surface area contributed by atoms with E-state index in [1.54, 1.807) is 12.1 Å². The Labute approximate surface area is 209 Å². The standard InChI is InChI=1S/C30H33NO3Si/c1-30(2,3)35(24-12-6-4-7-13-24,25-14-8-5-9-15-25)34-19-18-22-20-23(22)21-31-28(32)26-16-10-11-17-27(26)29(31)33/h4-17,22-23H,18-21H2,1-3H3. The van der Waals surface area contributed by atoms with Crippen LogP contribution < -0.4 is 10.4 Å². The van der Waals surface area contributed by atoms with Crippen LogP contribution in [0.25, 0.3) is 0 Å². The Morgan fingerprint density at radius 2 is 1.26 bits per heavy atom. The van der Waals surface area contributed by atoms with Crippen LogP contribution in [0, 0.1) is 11.8 Å². The third-order valence-electron chi connectivity index (χ3n) is 7.59. The van der Waals surface area contributed by atoms with E-state index in [0.29, 0.717) is 36.1 Å². The molecule has 0 saturated heterocycles. The molecule has 2 aliphatic rings. The van der Waals surface area contributed by atoms with Gasteiger partial charge >= 0.3 is 0 Å². The molecule has 3 aromatic rings. The number of nitrogens with zero attached hydrogens (tertiary/aromatic N) is 1. The second-order valence-electron chi connectivity index (χ2n) is 10.8. The summed E-state index contributed by atoms with van der Waals surface area (Å²) in [6.07, 6.45) is 1.98. The third kappa shape index (κ3) is 4.28. The fraction of sp³-hybridized carbons (Fsp3) is 0.333. The summed E-state index contributed by atoms with van der Waals surface area (Å²) in [5.41, 5.74) is 1.06. The smallest absolute Gasteiger partial charge is 0.261 e. The van der Waals surface area contributed by atoms with Crippen LogP contribution >= 0.6 is 0 Å². The Bertz CT molecular complexity index is 1140. The van der Waals surface area contributed by atoms with E-state index in [2.05, 4.69) is 81.4 Å². The zero-order valence-corrected chi connectivity index (χ0v) is 21.7. The number of fused-ring (bicyclic) bond motifs is 1. The van der Waals surface area contributed by atoms with Gasteiger partial charge in [-0.05, 0) is 52.2 Å². The van der Waals surface area contributed by atoms with Crippen molar-refractivity contribution in [3.63, 3.8) is 0 Å². The van der Waals surface area contributed by atoms with Gasteiger partial charge in [-0.25, -0.2) is 0 Å². The van der Waals surface area contributed by atoms with E-state index < -0.39 is 8.32 Å². The van der Waals surface area contributed by atoms with Crippen LogP contribution in [-0.4, -0.2) is 38.2 Å². The lowest BCUT2D eigenvalue weighted by Crippen LogP contribution is -2.66. The molecular formula is C30H33NO3Si. The van der Waals surface area contributed by atoms with Crippen LogP contribution in [0.1, 0.15) is 54.3 Å². The lowest BCUT2D eigenvalue weighted by molar-refractivity contribution is 0.0644. The van der Waals surface area contributed by atoms with Crippen molar-refractivity contribution in [1.29, 1.82) is 0 Å². The van der Waals surface area contributed by atoms with Crippen molar-refractivity contribution in [2.45, 2.75) is 38.7 Å². The highest BCUT2D eigenvalue weighted by atomic mass is 28.4. The van der Waals surface area contributed by atoms with Crippen molar-refractivity contribution in [2.24, 2.45) is 11.8 Å².